The fourth-order valence-electron chi connectivity index (χ4n) is 2.96. The van der Waals surface area contributed by atoms with Crippen LogP contribution in [0.4, 0.5) is 13.2 Å². The first-order valence-corrected chi connectivity index (χ1v) is 10.2. The Hall–Kier alpha value is -2.25. The number of carbonyl (C=O) groups excluding carboxylic acids is 1. The van der Waals surface area contributed by atoms with Gasteiger partial charge in [-0.1, -0.05) is 36.7 Å². The van der Waals surface area contributed by atoms with Crippen molar-refractivity contribution in [2.24, 2.45) is 0 Å². The van der Waals surface area contributed by atoms with E-state index in [1.807, 2.05) is 19.1 Å². The molecule has 0 aliphatic rings. The van der Waals surface area contributed by atoms with Crippen LogP contribution in [0.2, 0.25) is 5.02 Å². The smallest absolute Gasteiger partial charge is 0.348 e. The van der Waals surface area contributed by atoms with Gasteiger partial charge in [0.05, 0.1) is 16.6 Å². The molecular weight excluding hydrogens is 421 g/mol. The number of alkyl halides is 3. The van der Waals surface area contributed by atoms with Gasteiger partial charge in [0.25, 0.3) is 5.91 Å². The van der Waals surface area contributed by atoms with Gasteiger partial charge >= 0.3 is 6.18 Å². The SMILES string of the molecule is CCSc1nc2cc(C(F)(F)F)ccc2c(C)c1C(=O)NCc1ccc(Cl)cc1. The molecule has 3 aromatic rings. The largest absolute Gasteiger partial charge is 0.416 e. The molecule has 1 aromatic heterocycles. The number of benzene rings is 2. The molecule has 3 nitrogen and oxygen atoms in total. The topological polar surface area (TPSA) is 42.0 Å². The second-order valence-corrected chi connectivity index (χ2v) is 8.08. The molecule has 0 fully saturated rings. The number of amides is 1. The van der Waals surface area contributed by atoms with E-state index in [4.69, 9.17) is 11.6 Å². The summed E-state index contributed by atoms with van der Waals surface area (Å²) >= 11 is 7.20. The van der Waals surface area contributed by atoms with Gasteiger partial charge in [-0.05, 0) is 48.1 Å². The minimum atomic E-state index is -4.45. The Labute approximate surface area is 175 Å². The van der Waals surface area contributed by atoms with Crippen molar-refractivity contribution in [1.29, 1.82) is 0 Å². The van der Waals surface area contributed by atoms with Crippen LogP contribution in [0.15, 0.2) is 47.5 Å². The summed E-state index contributed by atoms with van der Waals surface area (Å²) in [6.45, 7) is 3.93. The number of hydrogen-bond acceptors (Lipinski definition) is 3. The lowest BCUT2D eigenvalue weighted by Crippen LogP contribution is -2.25. The Morgan fingerprint density at radius 3 is 2.48 bits per heavy atom. The number of aryl methyl sites for hydroxylation is 1. The molecule has 1 heterocycles. The van der Waals surface area contributed by atoms with Crippen molar-refractivity contribution in [2.75, 3.05) is 5.75 Å². The number of fused-ring (bicyclic) bond motifs is 1. The van der Waals surface area contributed by atoms with Crippen LogP contribution in [0, 0.1) is 6.92 Å². The summed E-state index contributed by atoms with van der Waals surface area (Å²) in [6.07, 6.45) is -4.45. The van der Waals surface area contributed by atoms with Crippen molar-refractivity contribution in [3.8, 4) is 0 Å². The molecule has 0 atom stereocenters. The second-order valence-electron chi connectivity index (χ2n) is 6.39. The van der Waals surface area contributed by atoms with Gasteiger partial charge in [-0.3, -0.25) is 4.79 Å². The zero-order valence-electron chi connectivity index (χ0n) is 15.7. The predicted octanol–water partition coefficient (Wildman–Crippen LogP) is 6.26. The van der Waals surface area contributed by atoms with Gasteiger partial charge in [0.2, 0.25) is 0 Å². The molecule has 0 saturated carbocycles. The van der Waals surface area contributed by atoms with Gasteiger partial charge in [0.1, 0.15) is 5.03 Å². The van der Waals surface area contributed by atoms with E-state index in [0.29, 0.717) is 38.9 Å². The van der Waals surface area contributed by atoms with Crippen LogP contribution in [0.5, 0.6) is 0 Å². The monoisotopic (exact) mass is 438 g/mol. The average molecular weight is 439 g/mol. The van der Waals surface area contributed by atoms with E-state index < -0.39 is 11.7 Å². The molecular formula is C21H18ClF3N2OS. The Bertz CT molecular complexity index is 1050. The van der Waals surface area contributed by atoms with Gasteiger partial charge < -0.3 is 5.32 Å². The van der Waals surface area contributed by atoms with Crippen LogP contribution in [0.25, 0.3) is 10.9 Å². The minimum absolute atomic E-state index is 0.225. The van der Waals surface area contributed by atoms with E-state index in [9.17, 15) is 18.0 Å². The van der Waals surface area contributed by atoms with Gasteiger partial charge in [0.15, 0.2) is 0 Å². The first kappa shape index (κ1) is 21.5. The van der Waals surface area contributed by atoms with E-state index in [1.165, 1.54) is 17.8 Å². The quantitative estimate of drug-likeness (QED) is 0.478. The van der Waals surface area contributed by atoms with Gasteiger partial charge in [-0.25, -0.2) is 4.98 Å². The number of nitrogens with one attached hydrogen (secondary N) is 1. The lowest BCUT2D eigenvalue weighted by molar-refractivity contribution is -0.137. The maximum Gasteiger partial charge on any atom is 0.416 e. The summed E-state index contributed by atoms with van der Waals surface area (Å²) in [5.74, 6) is 0.316. The molecule has 0 aliphatic heterocycles. The Balaban J connectivity index is 1.98. The predicted molar refractivity (Wildman–Crippen MR) is 111 cm³/mol. The molecule has 0 spiro atoms. The van der Waals surface area contributed by atoms with Crippen LogP contribution in [-0.4, -0.2) is 16.6 Å². The van der Waals surface area contributed by atoms with Crippen molar-refractivity contribution in [2.45, 2.75) is 31.6 Å². The van der Waals surface area contributed by atoms with E-state index in [0.717, 1.165) is 17.7 Å². The van der Waals surface area contributed by atoms with E-state index in [-0.39, 0.29) is 11.4 Å². The number of halogens is 4. The van der Waals surface area contributed by atoms with E-state index >= 15 is 0 Å². The number of pyridine rings is 1. The van der Waals surface area contributed by atoms with E-state index in [2.05, 4.69) is 10.3 Å². The Morgan fingerprint density at radius 1 is 1.17 bits per heavy atom. The zero-order valence-corrected chi connectivity index (χ0v) is 17.3. The lowest BCUT2D eigenvalue weighted by Gasteiger charge is -2.15. The third-order valence-corrected chi connectivity index (χ3v) is 5.52. The number of hydrogen-bond donors (Lipinski definition) is 1. The standard InChI is InChI=1S/C21H18ClF3N2OS/c1-3-29-20-18(19(28)26-11-13-4-7-15(22)8-5-13)12(2)16-9-6-14(21(23,24)25)10-17(16)27-20/h4-10H,3,11H2,1-2H3,(H,26,28). The van der Waals surface area contributed by atoms with Crippen molar-refractivity contribution < 1.29 is 18.0 Å². The molecule has 152 valence electrons. The molecule has 0 radical (unpaired) electrons. The molecule has 29 heavy (non-hydrogen) atoms. The highest BCUT2D eigenvalue weighted by molar-refractivity contribution is 7.99. The van der Waals surface area contributed by atoms with E-state index in [1.54, 1.807) is 19.1 Å². The molecule has 1 amide bonds. The fourth-order valence-corrected chi connectivity index (χ4v) is 3.91. The first-order chi connectivity index (χ1) is 13.7. The van der Waals surface area contributed by atoms with Crippen molar-refractivity contribution in [3.63, 3.8) is 0 Å². The van der Waals surface area contributed by atoms with Crippen LogP contribution < -0.4 is 5.32 Å². The van der Waals surface area contributed by atoms with Gasteiger partial charge in [0, 0.05) is 17.0 Å². The number of thioether (sulfide) groups is 1. The second kappa shape index (κ2) is 8.63. The van der Waals surface area contributed by atoms with Gasteiger partial charge in [-0.2, -0.15) is 13.2 Å². The third-order valence-electron chi connectivity index (χ3n) is 4.41. The Kier molecular flexibility index (Phi) is 6.39. The minimum Gasteiger partial charge on any atom is -0.348 e. The van der Waals surface area contributed by atoms with Crippen molar-refractivity contribution >= 4 is 40.2 Å². The van der Waals surface area contributed by atoms with Crippen LogP contribution in [-0.2, 0) is 12.7 Å². The van der Waals surface area contributed by atoms with Crippen LogP contribution in [0.1, 0.15) is 34.0 Å². The zero-order chi connectivity index (χ0) is 21.2. The summed E-state index contributed by atoms with van der Waals surface area (Å²) < 4.78 is 39.2. The maximum atomic E-state index is 13.1. The molecule has 1 N–H and O–H groups in total. The normalized spacial score (nSPS) is 11.7. The highest BCUT2D eigenvalue weighted by Gasteiger charge is 2.31. The maximum absolute atomic E-state index is 13.1. The summed E-state index contributed by atoms with van der Waals surface area (Å²) in [5, 5.41) is 4.41. The highest BCUT2D eigenvalue weighted by atomic mass is 35.5. The summed E-state index contributed by atoms with van der Waals surface area (Å²) in [7, 11) is 0. The summed E-state index contributed by atoms with van der Waals surface area (Å²) in [5.41, 5.74) is 1.34. The van der Waals surface area contributed by atoms with Crippen LogP contribution in [0.3, 0.4) is 0 Å². The van der Waals surface area contributed by atoms with Crippen molar-refractivity contribution in [1.82, 2.24) is 10.3 Å². The fraction of sp³-hybridized carbons (Fsp3) is 0.238. The molecule has 0 aliphatic carbocycles. The molecule has 0 saturated heterocycles. The van der Waals surface area contributed by atoms with Crippen LogP contribution >= 0.6 is 23.4 Å². The molecule has 0 unspecified atom stereocenters. The molecule has 8 heteroatoms. The Morgan fingerprint density at radius 2 is 1.86 bits per heavy atom. The highest BCUT2D eigenvalue weighted by Crippen LogP contribution is 2.34. The first-order valence-electron chi connectivity index (χ1n) is 8.87. The summed E-state index contributed by atoms with van der Waals surface area (Å²) in [4.78, 5) is 17.3. The number of carbonyl (C=O) groups is 1. The third kappa shape index (κ3) is 4.85. The number of aromatic nitrogens is 1. The van der Waals surface area contributed by atoms with Gasteiger partial charge in [-0.15, -0.1) is 11.8 Å². The molecule has 2 aromatic carbocycles. The average Bonchev–Trinajstić information content (AvgIpc) is 2.66. The number of rotatable bonds is 5. The number of nitrogens with zero attached hydrogens (tertiary/aromatic N) is 1. The summed E-state index contributed by atoms with van der Waals surface area (Å²) in [6, 6.07) is 10.5. The van der Waals surface area contributed by atoms with Crippen molar-refractivity contribution in [3.05, 3.63) is 69.7 Å². The molecule has 0 bridgehead atoms. The molecule has 3 rings (SSSR count). The lowest BCUT2D eigenvalue weighted by atomic mass is 10.0.